The summed E-state index contributed by atoms with van der Waals surface area (Å²) in [5.41, 5.74) is 6.11. The maximum atomic E-state index is 6.11. The van der Waals surface area contributed by atoms with Crippen molar-refractivity contribution in [2.75, 3.05) is 52.4 Å². The molecule has 1 unspecified atom stereocenters. The van der Waals surface area contributed by atoms with Gasteiger partial charge in [-0.2, -0.15) is 0 Å². The van der Waals surface area contributed by atoms with Crippen LogP contribution in [0.15, 0.2) is 4.99 Å². The van der Waals surface area contributed by atoms with Gasteiger partial charge < -0.3 is 10.6 Å². The molecule has 4 saturated heterocycles. The molecule has 5 nitrogen and oxygen atoms in total. The van der Waals surface area contributed by atoms with E-state index >= 15 is 0 Å². The summed E-state index contributed by atoms with van der Waals surface area (Å²) in [7, 11) is 0. The Bertz CT molecular complexity index is 308. The molecule has 0 radical (unpaired) electrons. The van der Waals surface area contributed by atoms with Crippen LogP contribution in [0.5, 0.6) is 0 Å². The molecular weight excluding hydrogens is 353 g/mol. The normalized spacial score (nSPS) is 35.1. The summed E-state index contributed by atoms with van der Waals surface area (Å²) in [6.45, 7) is 9.14. The number of piperazine rings is 3. The van der Waals surface area contributed by atoms with E-state index in [1.165, 1.54) is 52.0 Å². The minimum absolute atomic E-state index is 0. The standard InChI is InChI=1S/C13H25N5.HI/c14-13(18-4-2-1-3-5-18)15-10-12-11-16-6-8-17(12)9-7-16;/h12H,1-11H2,(H2,14,15);1H. The van der Waals surface area contributed by atoms with E-state index < -0.39 is 0 Å². The van der Waals surface area contributed by atoms with Gasteiger partial charge in [0.15, 0.2) is 5.96 Å². The molecule has 1 atom stereocenters. The largest absolute Gasteiger partial charge is 0.370 e. The molecular formula is C13H26IN5. The van der Waals surface area contributed by atoms with Gasteiger partial charge in [0.2, 0.25) is 0 Å². The van der Waals surface area contributed by atoms with E-state index in [9.17, 15) is 0 Å². The van der Waals surface area contributed by atoms with Crippen molar-refractivity contribution in [1.82, 2.24) is 14.7 Å². The molecule has 19 heavy (non-hydrogen) atoms. The van der Waals surface area contributed by atoms with Gasteiger partial charge in [-0.3, -0.25) is 14.8 Å². The Morgan fingerprint density at radius 1 is 1.00 bits per heavy atom. The molecule has 4 fully saturated rings. The minimum Gasteiger partial charge on any atom is -0.370 e. The van der Waals surface area contributed by atoms with E-state index in [0.29, 0.717) is 6.04 Å². The van der Waals surface area contributed by atoms with Crippen molar-refractivity contribution in [3.8, 4) is 0 Å². The van der Waals surface area contributed by atoms with E-state index in [1.54, 1.807) is 0 Å². The lowest BCUT2D eigenvalue weighted by Crippen LogP contribution is -2.62. The number of nitrogens with zero attached hydrogens (tertiary/aromatic N) is 4. The molecule has 4 aliphatic rings. The third-order valence-corrected chi connectivity index (χ3v) is 4.54. The van der Waals surface area contributed by atoms with Crippen LogP contribution in [0.2, 0.25) is 0 Å². The van der Waals surface area contributed by atoms with Crippen LogP contribution in [0.25, 0.3) is 0 Å². The summed E-state index contributed by atoms with van der Waals surface area (Å²) in [6, 6.07) is 0.593. The van der Waals surface area contributed by atoms with Crippen LogP contribution in [-0.2, 0) is 0 Å². The van der Waals surface area contributed by atoms with Crippen molar-refractivity contribution < 1.29 is 0 Å². The second-order valence-corrected chi connectivity index (χ2v) is 5.74. The predicted octanol–water partition coefficient (Wildman–Crippen LogP) is 0.405. The first-order valence-electron chi connectivity index (χ1n) is 7.34. The van der Waals surface area contributed by atoms with Gasteiger partial charge in [-0.1, -0.05) is 0 Å². The number of halogens is 1. The Morgan fingerprint density at radius 3 is 2.26 bits per heavy atom. The van der Waals surface area contributed by atoms with E-state index in [4.69, 9.17) is 5.73 Å². The number of rotatable bonds is 2. The molecule has 2 N–H and O–H groups in total. The second kappa shape index (κ2) is 7.08. The highest BCUT2D eigenvalue weighted by Crippen LogP contribution is 2.16. The first-order valence-corrected chi connectivity index (χ1v) is 7.34. The molecule has 0 spiro atoms. The van der Waals surface area contributed by atoms with Crippen LogP contribution in [0.4, 0.5) is 0 Å². The van der Waals surface area contributed by atoms with Crippen LogP contribution in [0.3, 0.4) is 0 Å². The van der Waals surface area contributed by atoms with Gasteiger partial charge in [0.25, 0.3) is 0 Å². The minimum atomic E-state index is 0. The molecule has 0 aromatic heterocycles. The highest BCUT2D eigenvalue weighted by molar-refractivity contribution is 14.0. The number of likely N-dealkylation sites (tertiary alicyclic amines) is 1. The highest BCUT2D eigenvalue weighted by Gasteiger charge is 2.31. The lowest BCUT2D eigenvalue weighted by Gasteiger charge is -2.47. The van der Waals surface area contributed by atoms with Gasteiger partial charge in [-0.25, -0.2) is 0 Å². The topological polar surface area (TPSA) is 48.1 Å². The van der Waals surface area contributed by atoms with Gasteiger partial charge in [0, 0.05) is 51.9 Å². The summed E-state index contributed by atoms with van der Waals surface area (Å²) in [5, 5.41) is 0. The summed E-state index contributed by atoms with van der Waals surface area (Å²) in [5.74, 6) is 0.771. The lowest BCUT2D eigenvalue weighted by molar-refractivity contribution is 0.0173. The highest BCUT2D eigenvalue weighted by atomic mass is 127. The van der Waals surface area contributed by atoms with E-state index in [-0.39, 0.29) is 24.0 Å². The molecule has 4 aliphatic heterocycles. The first kappa shape index (κ1) is 15.3. The fourth-order valence-corrected chi connectivity index (χ4v) is 3.32. The van der Waals surface area contributed by atoms with E-state index in [2.05, 4.69) is 19.7 Å². The number of piperidine rings is 1. The number of nitrogens with two attached hydrogens (primary N) is 1. The van der Waals surface area contributed by atoms with Crippen LogP contribution >= 0.6 is 24.0 Å². The molecule has 2 bridgehead atoms. The Kier molecular flexibility index (Phi) is 5.70. The van der Waals surface area contributed by atoms with E-state index in [0.717, 1.165) is 25.6 Å². The SMILES string of the molecule is I.NC(=NCC1CN2CCN1CC2)N1CCCCC1. The number of hydrogen-bond acceptors (Lipinski definition) is 3. The quantitative estimate of drug-likeness (QED) is 0.429. The van der Waals surface area contributed by atoms with Gasteiger partial charge in [0.1, 0.15) is 0 Å². The second-order valence-electron chi connectivity index (χ2n) is 5.74. The summed E-state index contributed by atoms with van der Waals surface area (Å²) < 4.78 is 0. The van der Waals surface area contributed by atoms with Gasteiger partial charge in [-0.15, -0.1) is 24.0 Å². The third kappa shape index (κ3) is 3.72. The maximum absolute atomic E-state index is 6.11. The van der Waals surface area contributed by atoms with Crippen LogP contribution < -0.4 is 5.73 Å². The molecule has 0 saturated carbocycles. The predicted molar refractivity (Wildman–Crippen MR) is 89.1 cm³/mol. The lowest BCUT2D eigenvalue weighted by atomic mass is 10.1. The number of hydrogen-bond donors (Lipinski definition) is 1. The summed E-state index contributed by atoms with van der Waals surface area (Å²) >= 11 is 0. The Balaban J connectivity index is 0.00000133. The summed E-state index contributed by atoms with van der Waals surface area (Å²) in [6.07, 6.45) is 3.87. The molecule has 0 aromatic carbocycles. The molecule has 0 aromatic rings. The molecule has 4 rings (SSSR count). The Morgan fingerprint density at radius 2 is 1.68 bits per heavy atom. The molecule has 4 heterocycles. The van der Waals surface area contributed by atoms with Gasteiger partial charge >= 0.3 is 0 Å². The van der Waals surface area contributed by atoms with Crippen molar-refractivity contribution in [3.05, 3.63) is 0 Å². The van der Waals surface area contributed by atoms with Crippen LogP contribution in [0, 0.1) is 0 Å². The zero-order valence-corrected chi connectivity index (χ0v) is 14.0. The van der Waals surface area contributed by atoms with Crippen LogP contribution in [-0.4, -0.2) is 79.1 Å². The van der Waals surface area contributed by atoms with Crippen LogP contribution in [0.1, 0.15) is 19.3 Å². The third-order valence-electron chi connectivity index (χ3n) is 4.54. The summed E-state index contributed by atoms with van der Waals surface area (Å²) in [4.78, 5) is 12.0. The maximum Gasteiger partial charge on any atom is 0.191 e. The van der Waals surface area contributed by atoms with E-state index in [1.807, 2.05) is 0 Å². The molecule has 110 valence electrons. The number of aliphatic imine (C=N–C) groups is 1. The monoisotopic (exact) mass is 379 g/mol. The van der Waals surface area contributed by atoms with Crippen molar-refractivity contribution in [3.63, 3.8) is 0 Å². The fraction of sp³-hybridized carbons (Fsp3) is 0.923. The van der Waals surface area contributed by atoms with Gasteiger partial charge in [-0.05, 0) is 19.3 Å². The Hall–Kier alpha value is -0.0800. The average molecular weight is 379 g/mol. The zero-order chi connectivity index (χ0) is 12.4. The van der Waals surface area contributed by atoms with Crippen molar-refractivity contribution >= 4 is 29.9 Å². The van der Waals surface area contributed by atoms with Crippen molar-refractivity contribution in [2.45, 2.75) is 25.3 Å². The fourth-order valence-electron chi connectivity index (χ4n) is 3.32. The zero-order valence-electron chi connectivity index (χ0n) is 11.6. The first-order chi connectivity index (χ1) is 8.83. The van der Waals surface area contributed by atoms with Crippen molar-refractivity contribution in [1.29, 1.82) is 0 Å². The van der Waals surface area contributed by atoms with Crippen molar-refractivity contribution in [2.24, 2.45) is 10.7 Å². The molecule has 0 amide bonds. The Labute approximate surface area is 133 Å². The number of guanidine groups is 1. The average Bonchev–Trinajstić information content (AvgIpc) is 2.47. The molecule has 6 heteroatoms. The van der Waals surface area contributed by atoms with Gasteiger partial charge in [0.05, 0.1) is 6.54 Å². The molecule has 0 aliphatic carbocycles. The smallest absolute Gasteiger partial charge is 0.191 e. The number of fused-ring (bicyclic) bond motifs is 3.